The van der Waals surface area contributed by atoms with Crippen LogP contribution < -0.4 is 0 Å². The summed E-state index contributed by atoms with van der Waals surface area (Å²) in [6, 6.07) is 0. The summed E-state index contributed by atoms with van der Waals surface area (Å²) in [5.74, 6) is 0. The van der Waals surface area contributed by atoms with Crippen LogP contribution >= 0.6 is 12.6 Å². The Morgan fingerprint density at radius 3 is 1.44 bits per heavy atom. The van der Waals surface area contributed by atoms with E-state index >= 15 is 0 Å². The molecule has 0 spiro atoms. The molecule has 0 heterocycles. The van der Waals surface area contributed by atoms with Gasteiger partial charge in [0.25, 0.3) is 0 Å². The molecule has 0 atom stereocenters. The first-order valence-electron chi connectivity index (χ1n) is 1.23. The number of thiol groups is 1. The first kappa shape index (κ1) is 16.3. The van der Waals surface area contributed by atoms with Gasteiger partial charge in [-0.25, -0.2) is 0 Å². The topological polar surface area (TPSA) is 102 Å². The summed E-state index contributed by atoms with van der Waals surface area (Å²) in [6.45, 7) is 0. The Morgan fingerprint density at radius 1 is 1.44 bits per heavy atom. The van der Waals surface area contributed by atoms with E-state index in [0.717, 1.165) is 0 Å². The molecule has 0 saturated heterocycles. The van der Waals surface area contributed by atoms with Gasteiger partial charge in [-0.3, -0.25) is 0 Å². The molecule has 3 N–H and O–H groups in total. The Kier molecular flexibility index (Phi) is 15.6. The van der Waals surface area contributed by atoms with Crippen molar-refractivity contribution >= 4 is 27.1 Å². The maximum absolute atomic E-state index is 8.94. The van der Waals surface area contributed by atoms with Crippen molar-refractivity contribution in [1.82, 2.24) is 0 Å². The summed E-state index contributed by atoms with van der Waals surface area (Å²) in [5, 5.41) is 8.63. The Balaban J connectivity index is -0.0000000800. The van der Waals surface area contributed by atoms with Gasteiger partial charge in [0.05, 0.1) is 0 Å². The van der Waals surface area contributed by atoms with Crippen LogP contribution in [0.1, 0.15) is 0 Å². The van der Waals surface area contributed by atoms with Crippen LogP contribution in [0.2, 0.25) is 0 Å². The van der Waals surface area contributed by atoms with Crippen LogP contribution in [0.5, 0.6) is 0 Å². The Labute approximate surface area is 70.9 Å². The molecular formula is CH4AsFeNO4S. The molecule has 0 aromatic rings. The van der Waals surface area contributed by atoms with E-state index in [1.54, 1.807) is 0 Å². The van der Waals surface area contributed by atoms with Crippen molar-refractivity contribution in [3.8, 4) is 5.40 Å². The zero-order valence-electron chi connectivity index (χ0n) is 3.95. The quantitative estimate of drug-likeness (QED) is 0.233. The van der Waals surface area contributed by atoms with Gasteiger partial charge in [0, 0.05) is 17.1 Å². The second kappa shape index (κ2) is 8.60. The van der Waals surface area contributed by atoms with Crippen molar-refractivity contribution in [2.45, 2.75) is 0 Å². The molecule has 0 aromatic heterocycles. The van der Waals surface area contributed by atoms with Crippen molar-refractivity contribution in [2.75, 3.05) is 0 Å². The van der Waals surface area contributed by atoms with Crippen LogP contribution in [0.25, 0.3) is 0 Å². The van der Waals surface area contributed by atoms with Crippen LogP contribution in [-0.2, 0) is 20.8 Å². The molecule has 0 aliphatic carbocycles. The second-order valence-electron chi connectivity index (χ2n) is 0.613. The molecule has 0 fully saturated rings. The molecule has 0 aliphatic heterocycles. The monoisotopic (exact) mass is 257 g/mol. The minimum absolute atomic E-state index is 0. The molecule has 0 aromatic carbocycles. The van der Waals surface area contributed by atoms with Crippen LogP contribution in [-0.4, -0.2) is 26.8 Å². The van der Waals surface area contributed by atoms with Gasteiger partial charge in [0.2, 0.25) is 0 Å². The van der Waals surface area contributed by atoms with E-state index < -0.39 is 14.5 Å². The minimum Gasteiger partial charge on any atom is 0 e. The first-order valence-corrected chi connectivity index (χ1v) is 4.96. The third-order valence-corrected chi connectivity index (χ3v) is 0. The predicted octanol–water partition coefficient (Wildman–Crippen LogP) is -1.78. The maximum atomic E-state index is 8.94. The Bertz CT molecular complexity index is 119. The summed E-state index contributed by atoms with van der Waals surface area (Å²) in [5.41, 5.74) is 0. The fraction of sp³-hybridized carbons (Fsp3) is 0. The van der Waals surface area contributed by atoms with E-state index in [9.17, 15) is 0 Å². The van der Waals surface area contributed by atoms with E-state index in [2.05, 4.69) is 12.6 Å². The molecule has 5 nitrogen and oxygen atoms in total. The number of hydrogen-bond donors (Lipinski definition) is 4. The number of nitrogens with zero attached hydrogens (tertiary/aromatic N) is 1. The van der Waals surface area contributed by atoms with Gasteiger partial charge in [-0.05, 0) is 0 Å². The molecule has 0 bridgehead atoms. The van der Waals surface area contributed by atoms with Crippen LogP contribution in [0.4, 0.5) is 0 Å². The SMILES string of the molecule is N#CS.O=[As](O)(O)O.[Fe]. The second-order valence-corrected chi connectivity index (χ2v) is 2.97. The molecule has 9 heavy (non-hydrogen) atoms. The molecule has 0 rings (SSSR count). The molecule has 0 aliphatic rings. The zero-order valence-corrected chi connectivity index (χ0v) is 7.82. The van der Waals surface area contributed by atoms with Crippen LogP contribution in [0.3, 0.4) is 0 Å². The summed E-state index contributed by atoms with van der Waals surface area (Å²) < 4.78 is 30.7. The van der Waals surface area contributed by atoms with Crippen molar-refractivity contribution in [3.05, 3.63) is 0 Å². The van der Waals surface area contributed by atoms with Gasteiger partial charge in [-0.1, -0.05) is 12.6 Å². The molecule has 0 amide bonds. The van der Waals surface area contributed by atoms with E-state index in [0.29, 0.717) is 0 Å². The summed E-state index contributed by atoms with van der Waals surface area (Å²) in [7, 11) is 0. The molecule has 0 saturated carbocycles. The van der Waals surface area contributed by atoms with Crippen LogP contribution in [0, 0.1) is 10.7 Å². The van der Waals surface area contributed by atoms with E-state index in [4.69, 9.17) is 21.3 Å². The number of hydrogen-bond acceptors (Lipinski definition) is 3. The molecule has 56 valence electrons. The van der Waals surface area contributed by atoms with Gasteiger partial charge in [0.15, 0.2) is 0 Å². The number of thiocyanates is 1. The average molecular weight is 257 g/mol. The van der Waals surface area contributed by atoms with Crippen LogP contribution in [0.15, 0.2) is 0 Å². The standard InChI is InChI=1S/CHNS.AsH3O4.Fe/c2-1-3;2-1(3,4)5;/h3H;(H3,2,3,4,5);. The van der Waals surface area contributed by atoms with Gasteiger partial charge < -0.3 is 0 Å². The fourth-order valence-corrected chi connectivity index (χ4v) is 0. The third kappa shape index (κ3) is 1050. The molecular weight excluding hydrogens is 253 g/mol. The zero-order chi connectivity index (χ0) is 7.21. The molecule has 0 radical (unpaired) electrons. The van der Waals surface area contributed by atoms with E-state index in [1.165, 1.54) is 5.40 Å². The van der Waals surface area contributed by atoms with Crippen molar-refractivity contribution in [3.63, 3.8) is 0 Å². The molecule has 0 unspecified atom stereocenters. The predicted molar refractivity (Wildman–Crippen MR) is 27.7 cm³/mol. The largest absolute Gasteiger partial charge is 0 e. The number of rotatable bonds is 0. The van der Waals surface area contributed by atoms with E-state index in [1.807, 2.05) is 0 Å². The van der Waals surface area contributed by atoms with Crippen molar-refractivity contribution < 1.29 is 33.1 Å². The third-order valence-electron chi connectivity index (χ3n) is 0. The normalized spacial score (nSPS) is 7.44. The van der Waals surface area contributed by atoms with Gasteiger partial charge in [0.1, 0.15) is 5.40 Å². The summed E-state index contributed by atoms with van der Waals surface area (Å²) in [6.07, 6.45) is 0. The maximum Gasteiger partial charge on any atom is 0 e. The van der Waals surface area contributed by atoms with Gasteiger partial charge in [-0.15, -0.1) is 0 Å². The van der Waals surface area contributed by atoms with Crippen molar-refractivity contribution in [2.24, 2.45) is 0 Å². The Morgan fingerprint density at radius 2 is 1.44 bits per heavy atom. The van der Waals surface area contributed by atoms with Gasteiger partial charge in [-0.2, -0.15) is 5.26 Å². The smallest absolute Gasteiger partial charge is 0 e. The fourth-order valence-electron chi connectivity index (χ4n) is 0. The first-order chi connectivity index (χ1) is 3.41. The minimum atomic E-state index is -5.12. The number of nitriles is 1. The molecule has 8 heteroatoms. The summed E-state index contributed by atoms with van der Waals surface area (Å²) in [4.78, 5) is 0. The summed E-state index contributed by atoms with van der Waals surface area (Å²) >= 11 is -2.03. The van der Waals surface area contributed by atoms with Crippen molar-refractivity contribution in [1.29, 1.82) is 5.26 Å². The Hall–Kier alpha value is 0.598. The van der Waals surface area contributed by atoms with Gasteiger partial charge >= 0.3 is 30.5 Å². The van der Waals surface area contributed by atoms with E-state index in [-0.39, 0.29) is 17.1 Å². The average Bonchev–Trinajstić information content (AvgIpc) is 1.27.